The lowest BCUT2D eigenvalue weighted by Gasteiger charge is -2.31. The minimum absolute atomic E-state index is 0.125. The fourth-order valence-electron chi connectivity index (χ4n) is 4.81. The van der Waals surface area contributed by atoms with Gasteiger partial charge in [-0.3, -0.25) is 4.79 Å². The number of amides is 1. The number of hydrogen-bond acceptors (Lipinski definition) is 5. The Hall–Kier alpha value is -1.76. The standard InChI is InChI=1S/C23H31N3O2S/c1-16-25-21(15-29-16)18-7-8-22-19(13-18)9-11-26(22)23(28)14-24-20(10-12-27)17-5-3-2-4-6-17/h7-8,13,15,17,20,24,27H,2-6,9-12,14H2,1H3/t20-/m0/s1. The molecular weight excluding hydrogens is 382 g/mol. The molecule has 0 bridgehead atoms. The Morgan fingerprint density at radius 3 is 2.90 bits per heavy atom. The molecule has 2 heterocycles. The van der Waals surface area contributed by atoms with Crippen LogP contribution in [-0.2, 0) is 11.2 Å². The first-order valence-corrected chi connectivity index (χ1v) is 11.7. The second-order valence-corrected chi connectivity index (χ2v) is 9.35. The van der Waals surface area contributed by atoms with Gasteiger partial charge < -0.3 is 15.3 Å². The predicted molar refractivity (Wildman–Crippen MR) is 118 cm³/mol. The van der Waals surface area contributed by atoms with Crippen LogP contribution in [0.25, 0.3) is 11.3 Å². The number of carbonyl (C=O) groups excluding carboxylic acids is 1. The molecule has 2 aromatic rings. The number of aliphatic hydroxyl groups excluding tert-OH is 1. The molecule has 0 saturated heterocycles. The van der Waals surface area contributed by atoms with E-state index < -0.39 is 0 Å². The summed E-state index contributed by atoms with van der Waals surface area (Å²) in [5, 5.41) is 16.1. The minimum atomic E-state index is 0.125. The Bertz CT molecular complexity index is 844. The Morgan fingerprint density at radius 1 is 1.34 bits per heavy atom. The van der Waals surface area contributed by atoms with E-state index in [4.69, 9.17) is 0 Å². The van der Waals surface area contributed by atoms with Gasteiger partial charge in [-0.2, -0.15) is 0 Å². The molecule has 2 N–H and O–H groups in total. The fraction of sp³-hybridized carbons (Fsp3) is 0.565. The number of aryl methyl sites for hydroxylation is 1. The molecule has 5 nitrogen and oxygen atoms in total. The van der Waals surface area contributed by atoms with Gasteiger partial charge in [0.15, 0.2) is 0 Å². The number of nitrogens with one attached hydrogen (secondary N) is 1. The van der Waals surface area contributed by atoms with Crippen molar-refractivity contribution in [2.75, 3.05) is 24.6 Å². The molecule has 1 aromatic carbocycles. The molecule has 2 aliphatic rings. The van der Waals surface area contributed by atoms with E-state index in [1.807, 2.05) is 11.8 Å². The number of rotatable bonds is 7. The molecule has 1 aromatic heterocycles. The van der Waals surface area contributed by atoms with E-state index in [1.54, 1.807) is 11.3 Å². The number of aliphatic hydroxyl groups is 1. The Balaban J connectivity index is 1.40. The Morgan fingerprint density at radius 2 is 2.17 bits per heavy atom. The first-order valence-electron chi connectivity index (χ1n) is 10.9. The third kappa shape index (κ3) is 4.71. The average molecular weight is 414 g/mol. The van der Waals surface area contributed by atoms with E-state index in [2.05, 4.69) is 33.9 Å². The van der Waals surface area contributed by atoms with Crippen LogP contribution in [0.5, 0.6) is 0 Å². The first-order chi connectivity index (χ1) is 14.2. The van der Waals surface area contributed by atoms with Gasteiger partial charge in [-0.1, -0.05) is 25.3 Å². The summed E-state index contributed by atoms with van der Waals surface area (Å²) in [6, 6.07) is 6.56. The lowest BCUT2D eigenvalue weighted by molar-refractivity contribution is -0.117. The van der Waals surface area contributed by atoms with E-state index >= 15 is 0 Å². The minimum Gasteiger partial charge on any atom is -0.396 e. The maximum Gasteiger partial charge on any atom is 0.240 e. The van der Waals surface area contributed by atoms with Crippen molar-refractivity contribution in [2.24, 2.45) is 5.92 Å². The summed E-state index contributed by atoms with van der Waals surface area (Å²) in [5.74, 6) is 0.707. The third-order valence-electron chi connectivity index (χ3n) is 6.37. The second-order valence-electron chi connectivity index (χ2n) is 8.29. The van der Waals surface area contributed by atoms with Crippen LogP contribution in [0.3, 0.4) is 0 Å². The zero-order valence-electron chi connectivity index (χ0n) is 17.2. The number of aromatic nitrogens is 1. The largest absolute Gasteiger partial charge is 0.396 e. The summed E-state index contributed by atoms with van der Waals surface area (Å²) >= 11 is 1.66. The van der Waals surface area contributed by atoms with Gasteiger partial charge in [-0.05, 0) is 56.2 Å². The van der Waals surface area contributed by atoms with Gasteiger partial charge >= 0.3 is 0 Å². The van der Waals surface area contributed by atoms with Crippen LogP contribution in [-0.4, -0.2) is 41.7 Å². The van der Waals surface area contributed by atoms with Crippen molar-refractivity contribution in [3.05, 3.63) is 34.2 Å². The predicted octanol–water partition coefficient (Wildman–Crippen LogP) is 3.93. The summed E-state index contributed by atoms with van der Waals surface area (Å²) in [4.78, 5) is 19.4. The van der Waals surface area contributed by atoms with Gasteiger partial charge in [0.1, 0.15) is 0 Å². The molecule has 1 aliphatic heterocycles. The van der Waals surface area contributed by atoms with Crippen LogP contribution >= 0.6 is 11.3 Å². The van der Waals surface area contributed by atoms with Gasteiger partial charge in [-0.25, -0.2) is 4.98 Å². The van der Waals surface area contributed by atoms with Crippen molar-refractivity contribution in [1.82, 2.24) is 10.3 Å². The summed E-state index contributed by atoms with van der Waals surface area (Å²) in [6.07, 6.45) is 7.87. The molecule has 156 valence electrons. The Kier molecular flexibility index (Phi) is 6.63. The molecule has 1 atom stereocenters. The molecule has 1 amide bonds. The number of thiazole rings is 1. The first kappa shape index (κ1) is 20.5. The molecule has 0 spiro atoms. The van der Waals surface area contributed by atoms with Crippen molar-refractivity contribution >= 4 is 22.9 Å². The highest BCUT2D eigenvalue weighted by Crippen LogP contribution is 2.33. The molecule has 29 heavy (non-hydrogen) atoms. The SMILES string of the molecule is Cc1nc(-c2ccc3c(c2)CCN3C(=O)CN[C@@H](CCO)C2CCCCC2)cs1. The van der Waals surface area contributed by atoms with Gasteiger partial charge in [0.2, 0.25) is 5.91 Å². The summed E-state index contributed by atoms with van der Waals surface area (Å²) in [6.45, 7) is 3.28. The normalized spacial score (nSPS) is 18.1. The van der Waals surface area contributed by atoms with Gasteiger partial charge in [0, 0.05) is 35.8 Å². The van der Waals surface area contributed by atoms with E-state index in [1.165, 1.54) is 37.7 Å². The Labute approximate surface area is 177 Å². The smallest absolute Gasteiger partial charge is 0.240 e. The zero-order chi connectivity index (χ0) is 20.2. The van der Waals surface area contributed by atoms with Crippen molar-refractivity contribution in [3.8, 4) is 11.3 Å². The second kappa shape index (κ2) is 9.37. The molecule has 0 radical (unpaired) electrons. The molecule has 1 saturated carbocycles. The summed E-state index contributed by atoms with van der Waals surface area (Å²) in [7, 11) is 0. The van der Waals surface area contributed by atoms with E-state index in [9.17, 15) is 9.90 Å². The topological polar surface area (TPSA) is 65.5 Å². The monoisotopic (exact) mass is 413 g/mol. The van der Waals surface area contributed by atoms with Gasteiger partial charge in [0.25, 0.3) is 0 Å². The number of hydrogen-bond donors (Lipinski definition) is 2. The van der Waals surface area contributed by atoms with E-state index in [-0.39, 0.29) is 18.6 Å². The van der Waals surface area contributed by atoms with E-state index in [0.29, 0.717) is 12.5 Å². The summed E-state index contributed by atoms with van der Waals surface area (Å²) < 4.78 is 0. The van der Waals surface area contributed by atoms with Gasteiger partial charge in [-0.15, -0.1) is 11.3 Å². The number of fused-ring (bicyclic) bond motifs is 1. The fourth-order valence-corrected chi connectivity index (χ4v) is 5.43. The molecule has 0 unspecified atom stereocenters. The molecule has 4 rings (SSSR count). The maximum atomic E-state index is 12.9. The van der Waals surface area contributed by atoms with Crippen LogP contribution in [0.4, 0.5) is 5.69 Å². The van der Waals surface area contributed by atoms with E-state index in [0.717, 1.165) is 41.3 Å². The van der Waals surface area contributed by atoms with Crippen LogP contribution in [0.2, 0.25) is 0 Å². The quantitative estimate of drug-likeness (QED) is 0.722. The van der Waals surface area contributed by atoms with Crippen molar-refractivity contribution < 1.29 is 9.90 Å². The molecule has 1 fully saturated rings. The number of benzene rings is 1. The van der Waals surface area contributed by atoms with Crippen LogP contribution in [0.15, 0.2) is 23.6 Å². The molecule has 1 aliphatic carbocycles. The average Bonchev–Trinajstić information content (AvgIpc) is 3.37. The van der Waals surface area contributed by atoms with Crippen LogP contribution in [0.1, 0.15) is 49.1 Å². The highest BCUT2D eigenvalue weighted by molar-refractivity contribution is 7.09. The number of nitrogens with zero attached hydrogens (tertiary/aromatic N) is 2. The highest BCUT2D eigenvalue weighted by Gasteiger charge is 2.27. The molecular formula is C23H31N3O2S. The van der Waals surface area contributed by atoms with Gasteiger partial charge in [0.05, 0.1) is 17.2 Å². The van der Waals surface area contributed by atoms with Crippen LogP contribution < -0.4 is 10.2 Å². The number of anilines is 1. The van der Waals surface area contributed by atoms with Crippen LogP contribution in [0, 0.1) is 12.8 Å². The summed E-state index contributed by atoms with van der Waals surface area (Å²) in [5.41, 5.74) is 4.39. The van der Waals surface area contributed by atoms with Crippen molar-refractivity contribution in [1.29, 1.82) is 0 Å². The zero-order valence-corrected chi connectivity index (χ0v) is 18.0. The van der Waals surface area contributed by atoms with Crippen molar-refractivity contribution in [2.45, 2.75) is 57.9 Å². The lowest BCUT2D eigenvalue weighted by Crippen LogP contribution is -2.44. The number of carbonyl (C=O) groups is 1. The molecule has 6 heteroatoms. The maximum absolute atomic E-state index is 12.9. The van der Waals surface area contributed by atoms with Crippen molar-refractivity contribution in [3.63, 3.8) is 0 Å². The lowest BCUT2D eigenvalue weighted by atomic mass is 9.83. The third-order valence-corrected chi connectivity index (χ3v) is 7.14. The highest BCUT2D eigenvalue weighted by atomic mass is 32.1.